The summed E-state index contributed by atoms with van der Waals surface area (Å²) in [6.07, 6.45) is 0.648. The number of hydrogen-bond acceptors (Lipinski definition) is 4. The van der Waals surface area contributed by atoms with Gasteiger partial charge >= 0.3 is 11.7 Å². The zero-order valence-electron chi connectivity index (χ0n) is 7.57. The van der Waals surface area contributed by atoms with Crippen LogP contribution in [-0.4, -0.2) is 27.2 Å². The highest BCUT2D eigenvalue weighted by Gasteiger charge is 2.24. The SMILES string of the molecule is O=C(O)c1c(Cl)nc(=O)n2c1OCCC2. The Balaban J connectivity index is 2.74. The molecular formula is C8H7ClN2O4. The lowest BCUT2D eigenvalue weighted by molar-refractivity contribution is 0.0686. The summed E-state index contributed by atoms with van der Waals surface area (Å²) >= 11 is 5.58. The third-order valence-corrected chi connectivity index (χ3v) is 2.34. The number of fused-ring (bicyclic) bond motifs is 1. The second kappa shape index (κ2) is 3.54. The van der Waals surface area contributed by atoms with Crippen molar-refractivity contribution >= 4 is 17.6 Å². The van der Waals surface area contributed by atoms with Crippen LogP contribution in [0.25, 0.3) is 0 Å². The van der Waals surface area contributed by atoms with E-state index in [0.29, 0.717) is 19.6 Å². The van der Waals surface area contributed by atoms with Crippen LogP contribution < -0.4 is 10.4 Å². The number of ether oxygens (including phenoxy) is 1. The Morgan fingerprint density at radius 1 is 1.60 bits per heavy atom. The molecule has 1 N–H and O–H groups in total. The topological polar surface area (TPSA) is 81.4 Å². The van der Waals surface area contributed by atoms with E-state index >= 15 is 0 Å². The van der Waals surface area contributed by atoms with Gasteiger partial charge in [-0.1, -0.05) is 11.6 Å². The van der Waals surface area contributed by atoms with Crippen molar-refractivity contribution in [2.75, 3.05) is 6.61 Å². The Kier molecular flexibility index (Phi) is 2.36. The maximum absolute atomic E-state index is 11.4. The molecule has 0 amide bonds. The standard InChI is InChI=1S/C8H7ClN2O4/c9-5-4(7(12)13)6-11(8(14)10-5)2-1-3-15-6/h1-3H2,(H,12,13). The average Bonchev–Trinajstić information content (AvgIpc) is 2.17. The fourth-order valence-corrected chi connectivity index (χ4v) is 1.66. The van der Waals surface area contributed by atoms with Gasteiger partial charge in [-0.2, -0.15) is 4.98 Å². The van der Waals surface area contributed by atoms with E-state index < -0.39 is 11.7 Å². The molecule has 0 aromatic carbocycles. The third-order valence-electron chi connectivity index (χ3n) is 2.07. The molecule has 1 aliphatic rings. The fraction of sp³-hybridized carbons (Fsp3) is 0.375. The molecule has 2 rings (SSSR count). The van der Waals surface area contributed by atoms with Gasteiger partial charge in [0.05, 0.1) is 6.61 Å². The van der Waals surface area contributed by atoms with E-state index in [9.17, 15) is 9.59 Å². The largest absolute Gasteiger partial charge is 0.478 e. The molecule has 1 aliphatic heterocycles. The minimum absolute atomic E-state index is 0.00116. The van der Waals surface area contributed by atoms with Crippen LogP contribution in [0.1, 0.15) is 16.8 Å². The van der Waals surface area contributed by atoms with Gasteiger partial charge in [0.15, 0.2) is 10.7 Å². The molecule has 7 heteroatoms. The van der Waals surface area contributed by atoms with Crippen molar-refractivity contribution in [3.63, 3.8) is 0 Å². The fourth-order valence-electron chi connectivity index (χ4n) is 1.43. The average molecular weight is 231 g/mol. The van der Waals surface area contributed by atoms with Crippen LogP contribution in [-0.2, 0) is 6.54 Å². The minimum Gasteiger partial charge on any atom is -0.478 e. The van der Waals surface area contributed by atoms with Crippen LogP contribution in [0.5, 0.6) is 5.88 Å². The Labute approximate surface area is 89.1 Å². The maximum atomic E-state index is 11.4. The normalized spacial score (nSPS) is 14.2. The van der Waals surface area contributed by atoms with E-state index in [2.05, 4.69) is 4.98 Å². The lowest BCUT2D eigenvalue weighted by Gasteiger charge is -2.20. The van der Waals surface area contributed by atoms with Gasteiger partial charge in [0.2, 0.25) is 5.88 Å². The monoisotopic (exact) mass is 230 g/mol. The molecule has 0 radical (unpaired) electrons. The number of aromatic carboxylic acids is 1. The van der Waals surface area contributed by atoms with Gasteiger partial charge in [-0.15, -0.1) is 0 Å². The van der Waals surface area contributed by atoms with E-state index in [1.165, 1.54) is 4.57 Å². The second-order valence-corrected chi connectivity index (χ2v) is 3.38. The molecule has 2 heterocycles. The van der Waals surface area contributed by atoms with E-state index in [-0.39, 0.29) is 16.6 Å². The van der Waals surface area contributed by atoms with Crippen molar-refractivity contribution in [1.29, 1.82) is 0 Å². The van der Waals surface area contributed by atoms with Crippen LogP contribution >= 0.6 is 11.6 Å². The summed E-state index contributed by atoms with van der Waals surface area (Å²) in [7, 11) is 0. The molecule has 0 atom stereocenters. The quantitative estimate of drug-likeness (QED) is 0.706. The molecule has 0 bridgehead atoms. The van der Waals surface area contributed by atoms with E-state index in [1.54, 1.807) is 0 Å². The van der Waals surface area contributed by atoms with Gasteiger partial charge < -0.3 is 9.84 Å². The minimum atomic E-state index is -1.25. The Morgan fingerprint density at radius 3 is 3.00 bits per heavy atom. The summed E-state index contributed by atoms with van der Waals surface area (Å²) in [5.74, 6) is -1.25. The molecule has 0 spiro atoms. The Morgan fingerprint density at radius 2 is 2.33 bits per heavy atom. The molecule has 0 unspecified atom stereocenters. The van der Waals surface area contributed by atoms with Crippen molar-refractivity contribution in [2.24, 2.45) is 0 Å². The molecule has 1 aromatic heterocycles. The Bertz CT molecular complexity index is 482. The summed E-state index contributed by atoms with van der Waals surface area (Å²) in [6.45, 7) is 0.776. The summed E-state index contributed by atoms with van der Waals surface area (Å²) in [5.41, 5.74) is -0.837. The number of carbonyl (C=O) groups is 1. The van der Waals surface area contributed by atoms with Crippen LogP contribution in [0.4, 0.5) is 0 Å². The number of carboxylic acid groups (broad SMARTS) is 1. The van der Waals surface area contributed by atoms with Gasteiger partial charge in [0.1, 0.15) is 0 Å². The first kappa shape index (κ1) is 9.97. The van der Waals surface area contributed by atoms with Gasteiger partial charge in [0.25, 0.3) is 0 Å². The van der Waals surface area contributed by atoms with Crippen LogP contribution in [0.2, 0.25) is 5.15 Å². The first-order valence-electron chi connectivity index (χ1n) is 4.27. The number of carboxylic acids is 1. The summed E-state index contributed by atoms with van der Waals surface area (Å²) < 4.78 is 6.31. The van der Waals surface area contributed by atoms with Gasteiger partial charge in [0, 0.05) is 6.54 Å². The molecular weight excluding hydrogens is 224 g/mol. The predicted octanol–water partition coefficient (Wildman–Crippen LogP) is 0.377. The highest BCUT2D eigenvalue weighted by Crippen LogP contribution is 2.25. The number of halogens is 1. The van der Waals surface area contributed by atoms with Crippen molar-refractivity contribution in [3.05, 3.63) is 21.2 Å². The highest BCUT2D eigenvalue weighted by molar-refractivity contribution is 6.32. The van der Waals surface area contributed by atoms with Crippen molar-refractivity contribution in [2.45, 2.75) is 13.0 Å². The predicted molar refractivity (Wildman–Crippen MR) is 50.6 cm³/mol. The third kappa shape index (κ3) is 1.56. The number of rotatable bonds is 1. The summed E-state index contributed by atoms with van der Waals surface area (Å²) in [6, 6.07) is 0. The lowest BCUT2D eigenvalue weighted by Crippen LogP contribution is -2.31. The molecule has 0 saturated carbocycles. The van der Waals surface area contributed by atoms with Crippen molar-refractivity contribution in [3.8, 4) is 5.88 Å². The molecule has 6 nitrogen and oxygen atoms in total. The van der Waals surface area contributed by atoms with Crippen LogP contribution in [0, 0.1) is 0 Å². The number of nitrogens with zero attached hydrogens (tertiary/aromatic N) is 2. The van der Waals surface area contributed by atoms with Gasteiger partial charge in [-0.3, -0.25) is 4.57 Å². The molecule has 0 saturated heterocycles. The zero-order chi connectivity index (χ0) is 11.0. The highest BCUT2D eigenvalue weighted by atomic mass is 35.5. The van der Waals surface area contributed by atoms with Gasteiger partial charge in [-0.25, -0.2) is 9.59 Å². The molecule has 80 valence electrons. The van der Waals surface area contributed by atoms with E-state index in [4.69, 9.17) is 21.4 Å². The van der Waals surface area contributed by atoms with Crippen LogP contribution in [0.3, 0.4) is 0 Å². The van der Waals surface area contributed by atoms with E-state index in [1.807, 2.05) is 0 Å². The van der Waals surface area contributed by atoms with Crippen molar-refractivity contribution in [1.82, 2.24) is 9.55 Å². The molecule has 1 aromatic rings. The first-order chi connectivity index (χ1) is 7.11. The molecule has 0 aliphatic carbocycles. The van der Waals surface area contributed by atoms with Crippen molar-refractivity contribution < 1.29 is 14.6 Å². The summed E-state index contributed by atoms with van der Waals surface area (Å²) in [4.78, 5) is 25.7. The van der Waals surface area contributed by atoms with Gasteiger partial charge in [-0.05, 0) is 6.42 Å². The van der Waals surface area contributed by atoms with E-state index in [0.717, 1.165) is 0 Å². The second-order valence-electron chi connectivity index (χ2n) is 3.02. The molecule has 0 fully saturated rings. The Hall–Kier alpha value is -1.56. The lowest BCUT2D eigenvalue weighted by atomic mass is 10.3. The zero-order valence-corrected chi connectivity index (χ0v) is 8.32. The van der Waals surface area contributed by atoms with Crippen LogP contribution in [0.15, 0.2) is 4.79 Å². The maximum Gasteiger partial charge on any atom is 0.351 e. The first-order valence-corrected chi connectivity index (χ1v) is 4.65. The smallest absolute Gasteiger partial charge is 0.351 e. The number of aromatic nitrogens is 2. The molecule has 15 heavy (non-hydrogen) atoms. The number of hydrogen-bond donors (Lipinski definition) is 1. The summed E-state index contributed by atoms with van der Waals surface area (Å²) in [5, 5.41) is 8.56.